The van der Waals surface area contributed by atoms with E-state index in [9.17, 15) is 5.11 Å². The summed E-state index contributed by atoms with van der Waals surface area (Å²) in [5.74, 6) is 0.331. The average molecular weight is 191 g/mol. The first kappa shape index (κ1) is 10.8. The summed E-state index contributed by atoms with van der Waals surface area (Å²) >= 11 is 0. The zero-order valence-electron chi connectivity index (χ0n) is 8.75. The van der Waals surface area contributed by atoms with Gasteiger partial charge in [-0.1, -0.05) is 12.1 Å². The highest BCUT2D eigenvalue weighted by Gasteiger charge is 2.09. The number of hydrogen-bond donors (Lipinski definition) is 2. The lowest BCUT2D eigenvalue weighted by Gasteiger charge is -2.14. The van der Waals surface area contributed by atoms with Crippen LogP contribution >= 0.6 is 0 Å². The third-order valence-corrected chi connectivity index (χ3v) is 2.40. The van der Waals surface area contributed by atoms with Crippen molar-refractivity contribution in [3.63, 3.8) is 0 Å². The zero-order valence-corrected chi connectivity index (χ0v) is 8.75. The lowest BCUT2D eigenvalue weighted by Crippen LogP contribution is -2.10. The number of benzene rings is 1. The lowest BCUT2D eigenvalue weighted by atomic mass is 9.97. The third kappa shape index (κ3) is 2.15. The lowest BCUT2D eigenvalue weighted by molar-refractivity contribution is 0.470. The summed E-state index contributed by atoms with van der Waals surface area (Å²) in [6.07, 6.45) is 2.57. The second-order valence-electron chi connectivity index (χ2n) is 3.63. The molecule has 1 rings (SSSR count). The van der Waals surface area contributed by atoms with E-state index in [1.807, 2.05) is 26.0 Å². The molecule has 0 spiro atoms. The molecule has 1 aromatic rings. The van der Waals surface area contributed by atoms with Crippen LogP contribution in [0, 0.1) is 13.8 Å². The molecule has 0 heterocycles. The predicted molar refractivity (Wildman–Crippen MR) is 59.3 cm³/mol. The standard InChI is InChI=1S/C12H17NO/c1-4-5-11(13)10-6-9(3)12(14)7-8(10)2/h4,6-7,11,14H,1,5,13H2,2-3H3/t11-/m1/s1. The quantitative estimate of drug-likeness (QED) is 0.721. The van der Waals surface area contributed by atoms with E-state index in [2.05, 4.69) is 6.58 Å². The highest BCUT2D eigenvalue weighted by molar-refractivity contribution is 5.42. The minimum absolute atomic E-state index is 0.0215. The summed E-state index contributed by atoms with van der Waals surface area (Å²) in [7, 11) is 0. The van der Waals surface area contributed by atoms with Gasteiger partial charge in [-0.15, -0.1) is 6.58 Å². The van der Waals surface area contributed by atoms with E-state index in [-0.39, 0.29) is 6.04 Å². The van der Waals surface area contributed by atoms with Crippen molar-refractivity contribution in [2.45, 2.75) is 26.3 Å². The Balaban J connectivity index is 3.08. The first-order chi connectivity index (χ1) is 6.56. The van der Waals surface area contributed by atoms with E-state index >= 15 is 0 Å². The molecule has 0 saturated carbocycles. The Morgan fingerprint density at radius 3 is 2.64 bits per heavy atom. The second-order valence-corrected chi connectivity index (χ2v) is 3.63. The van der Waals surface area contributed by atoms with Gasteiger partial charge in [-0.05, 0) is 43.0 Å². The van der Waals surface area contributed by atoms with Crippen molar-refractivity contribution < 1.29 is 5.11 Å². The van der Waals surface area contributed by atoms with Gasteiger partial charge in [-0.3, -0.25) is 0 Å². The van der Waals surface area contributed by atoms with Gasteiger partial charge in [0.1, 0.15) is 5.75 Å². The molecule has 76 valence electrons. The van der Waals surface area contributed by atoms with Crippen LogP contribution in [0.5, 0.6) is 5.75 Å². The molecule has 0 bridgehead atoms. The summed E-state index contributed by atoms with van der Waals surface area (Å²) in [5.41, 5.74) is 8.95. The molecule has 0 fully saturated rings. The van der Waals surface area contributed by atoms with Gasteiger partial charge in [0.25, 0.3) is 0 Å². The van der Waals surface area contributed by atoms with Gasteiger partial charge >= 0.3 is 0 Å². The molecular formula is C12H17NO. The molecule has 3 N–H and O–H groups in total. The van der Waals surface area contributed by atoms with Gasteiger partial charge in [-0.2, -0.15) is 0 Å². The molecule has 14 heavy (non-hydrogen) atoms. The van der Waals surface area contributed by atoms with Crippen molar-refractivity contribution in [3.8, 4) is 5.75 Å². The molecule has 0 aliphatic carbocycles. The first-order valence-electron chi connectivity index (χ1n) is 4.73. The van der Waals surface area contributed by atoms with Gasteiger partial charge in [0.15, 0.2) is 0 Å². The van der Waals surface area contributed by atoms with Gasteiger partial charge in [0.2, 0.25) is 0 Å². The monoisotopic (exact) mass is 191 g/mol. The Morgan fingerprint density at radius 2 is 2.07 bits per heavy atom. The van der Waals surface area contributed by atoms with Crippen LogP contribution in [-0.2, 0) is 0 Å². The fourth-order valence-corrected chi connectivity index (χ4v) is 1.53. The molecule has 1 atom stereocenters. The summed E-state index contributed by atoms with van der Waals surface area (Å²) in [5, 5.41) is 9.48. The summed E-state index contributed by atoms with van der Waals surface area (Å²) in [4.78, 5) is 0. The maximum absolute atomic E-state index is 9.48. The van der Waals surface area contributed by atoms with Crippen LogP contribution in [0.15, 0.2) is 24.8 Å². The van der Waals surface area contributed by atoms with Crippen LogP contribution in [0.1, 0.15) is 29.2 Å². The zero-order chi connectivity index (χ0) is 10.7. The van der Waals surface area contributed by atoms with E-state index in [1.165, 1.54) is 0 Å². The fourth-order valence-electron chi connectivity index (χ4n) is 1.53. The fraction of sp³-hybridized carbons (Fsp3) is 0.333. The Morgan fingerprint density at radius 1 is 1.43 bits per heavy atom. The highest BCUT2D eigenvalue weighted by Crippen LogP contribution is 2.26. The molecule has 0 aliphatic heterocycles. The van der Waals surface area contributed by atoms with Crippen LogP contribution in [0.2, 0.25) is 0 Å². The number of phenolic OH excluding ortho intramolecular Hbond substituents is 1. The van der Waals surface area contributed by atoms with E-state index in [4.69, 9.17) is 5.73 Å². The van der Waals surface area contributed by atoms with Crippen LogP contribution in [0.4, 0.5) is 0 Å². The van der Waals surface area contributed by atoms with Crippen LogP contribution in [-0.4, -0.2) is 5.11 Å². The molecule has 0 saturated heterocycles. The summed E-state index contributed by atoms with van der Waals surface area (Å²) in [6.45, 7) is 7.50. The molecule has 0 amide bonds. The van der Waals surface area contributed by atoms with Crippen molar-refractivity contribution in [2.24, 2.45) is 5.73 Å². The summed E-state index contributed by atoms with van der Waals surface area (Å²) < 4.78 is 0. The molecule has 2 heteroatoms. The molecule has 0 unspecified atom stereocenters. The van der Waals surface area contributed by atoms with Crippen molar-refractivity contribution in [2.75, 3.05) is 0 Å². The maximum atomic E-state index is 9.48. The average Bonchev–Trinajstić information content (AvgIpc) is 2.11. The Hall–Kier alpha value is -1.28. The molecule has 1 aromatic carbocycles. The Kier molecular flexibility index (Phi) is 3.31. The van der Waals surface area contributed by atoms with Gasteiger partial charge in [0.05, 0.1) is 0 Å². The van der Waals surface area contributed by atoms with E-state index in [1.54, 1.807) is 6.07 Å². The smallest absolute Gasteiger partial charge is 0.118 e. The number of nitrogens with two attached hydrogens (primary N) is 1. The molecular weight excluding hydrogens is 174 g/mol. The van der Waals surface area contributed by atoms with Crippen molar-refractivity contribution in [1.82, 2.24) is 0 Å². The predicted octanol–water partition coefficient (Wildman–Crippen LogP) is 2.58. The third-order valence-electron chi connectivity index (χ3n) is 2.40. The Labute approximate surface area is 85.1 Å². The second kappa shape index (κ2) is 4.29. The normalized spacial score (nSPS) is 12.5. The van der Waals surface area contributed by atoms with Gasteiger partial charge in [-0.25, -0.2) is 0 Å². The maximum Gasteiger partial charge on any atom is 0.118 e. The van der Waals surface area contributed by atoms with Crippen molar-refractivity contribution >= 4 is 0 Å². The minimum atomic E-state index is -0.0215. The van der Waals surface area contributed by atoms with Crippen molar-refractivity contribution in [3.05, 3.63) is 41.5 Å². The SMILES string of the molecule is C=CC[C@@H](N)c1cc(C)c(O)cc1C. The topological polar surface area (TPSA) is 46.2 Å². The first-order valence-corrected chi connectivity index (χ1v) is 4.73. The van der Waals surface area contributed by atoms with Crippen LogP contribution in [0.25, 0.3) is 0 Å². The van der Waals surface area contributed by atoms with Crippen LogP contribution < -0.4 is 5.73 Å². The van der Waals surface area contributed by atoms with Gasteiger partial charge in [0, 0.05) is 6.04 Å². The van der Waals surface area contributed by atoms with Crippen molar-refractivity contribution in [1.29, 1.82) is 0 Å². The van der Waals surface area contributed by atoms with E-state index in [0.29, 0.717) is 5.75 Å². The van der Waals surface area contributed by atoms with Gasteiger partial charge < -0.3 is 10.8 Å². The summed E-state index contributed by atoms with van der Waals surface area (Å²) in [6, 6.07) is 3.68. The number of aromatic hydroxyl groups is 1. The Bertz CT molecular complexity index is 344. The molecule has 2 nitrogen and oxygen atoms in total. The number of phenols is 1. The number of hydrogen-bond acceptors (Lipinski definition) is 2. The highest BCUT2D eigenvalue weighted by atomic mass is 16.3. The van der Waals surface area contributed by atoms with Crippen LogP contribution in [0.3, 0.4) is 0 Å². The molecule has 0 radical (unpaired) electrons. The van der Waals surface area contributed by atoms with E-state index < -0.39 is 0 Å². The number of rotatable bonds is 3. The molecule has 0 aliphatic rings. The molecule has 0 aromatic heterocycles. The number of aryl methyl sites for hydroxylation is 2. The van der Waals surface area contributed by atoms with E-state index in [0.717, 1.165) is 23.1 Å². The largest absolute Gasteiger partial charge is 0.508 e. The minimum Gasteiger partial charge on any atom is -0.508 e.